The lowest BCUT2D eigenvalue weighted by atomic mass is 9.89. The van der Waals surface area contributed by atoms with Crippen LogP contribution in [0.15, 0.2) is 18.2 Å². The monoisotopic (exact) mass is 296 g/mol. The molecule has 1 aromatic carbocycles. The quantitative estimate of drug-likeness (QED) is 0.910. The van der Waals surface area contributed by atoms with Gasteiger partial charge in [0, 0.05) is 16.2 Å². The highest BCUT2D eigenvalue weighted by molar-refractivity contribution is 7.99. The van der Waals surface area contributed by atoms with Crippen molar-refractivity contribution >= 4 is 29.3 Å². The molecule has 0 radical (unpaired) electrons. The molecule has 0 bridgehead atoms. The van der Waals surface area contributed by atoms with Gasteiger partial charge in [0.2, 0.25) is 0 Å². The predicted octanol–water partition coefficient (Wildman–Crippen LogP) is 4.07. The lowest BCUT2D eigenvalue weighted by Crippen LogP contribution is -2.13. The molecule has 2 fully saturated rings. The number of thioether (sulfide) groups is 1. The van der Waals surface area contributed by atoms with Crippen LogP contribution in [0.25, 0.3) is 0 Å². The molecule has 19 heavy (non-hydrogen) atoms. The molecule has 1 saturated carbocycles. The number of benzene rings is 1. The Kier molecular flexibility index (Phi) is 3.52. The maximum Gasteiger partial charge on any atom is 0.304 e. The molecule has 1 saturated heterocycles. The Bertz CT molecular complexity index is 505. The highest BCUT2D eigenvalue weighted by atomic mass is 35.5. The Morgan fingerprint density at radius 3 is 2.79 bits per heavy atom. The second-order valence-corrected chi connectivity index (χ2v) is 7.20. The van der Waals surface area contributed by atoms with Gasteiger partial charge in [0.15, 0.2) is 0 Å². The topological polar surface area (TPSA) is 37.3 Å². The van der Waals surface area contributed by atoms with E-state index in [0.29, 0.717) is 5.92 Å². The standard InChI is InChI=1S/C15H17ClO2S/c16-13-7-11(15(4-5-15)8-14(17)18)1-2-12(13)10-3-6-19-9-10/h1-2,7,10H,3-6,8-9H2,(H,17,18). The molecule has 1 aliphatic carbocycles. The van der Waals surface area contributed by atoms with Crippen LogP contribution in [0.3, 0.4) is 0 Å². The van der Waals surface area contributed by atoms with Crippen LogP contribution in [0.4, 0.5) is 0 Å². The Labute approximate surface area is 122 Å². The maximum absolute atomic E-state index is 11.0. The minimum Gasteiger partial charge on any atom is -0.481 e. The summed E-state index contributed by atoms with van der Waals surface area (Å²) in [7, 11) is 0. The van der Waals surface area contributed by atoms with Gasteiger partial charge in [0.25, 0.3) is 0 Å². The number of rotatable bonds is 4. The van der Waals surface area contributed by atoms with E-state index in [-0.39, 0.29) is 11.8 Å². The SMILES string of the molecule is O=C(O)CC1(c2ccc(C3CCSC3)c(Cl)c2)CC1. The Morgan fingerprint density at radius 2 is 2.26 bits per heavy atom. The van der Waals surface area contributed by atoms with Gasteiger partial charge in [-0.2, -0.15) is 11.8 Å². The number of halogens is 1. The number of carboxylic acids is 1. The molecule has 1 N–H and O–H groups in total. The molecular formula is C15H17ClO2S. The first-order valence-electron chi connectivity index (χ1n) is 6.70. The fraction of sp³-hybridized carbons (Fsp3) is 0.533. The number of carboxylic acid groups (broad SMARTS) is 1. The molecule has 3 rings (SSSR count). The molecule has 1 atom stereocenters. The third-order valence-electron chi connectivity index (χ3n) is 4.33. The first-order valence-corrected chi connectivity index (χ1v) is 8.23. The van der Waals surface area contributed by atoms with Crippen molar-refractivity contribution in [2.45, 2.75) is 37.0 Å². The average Bonchev–Trinajstić information content (AvgIpc) is 2.93. The van der Waals surface area contributed by atoms with Gasteiger partial charge in [-0.3, -0.25) is 4.79 Å². The molecule has 2 aliphatic rings. The molecule has 102 valence electrons. The summed E-state index contributed by atoms with van der Waals surface area (Å²) >= 11 is 8.40. The van der Waals surface area contributed by atoms with E-state index in [1.54, 1.807) is 0 Å². The summed E-state index contributed by atoms with van der Waals surface area (Å²) in [5.74, 6) is 2.22. The normalized spacial score (nSPS) is 24.4. The molecule has 4 heteroatoms. The van der Waals surface area contributed by atoms with Crippen molar-refractivity contribution in [2.75, 3.05) is 11.5 Å². The summed E-state index contributed by atoms with van der Waals surface area (Å²) in [5.41, 5.74) is 2.20. The summed E-state index contributed by atoms with van der Waals surface area (Å²) in [6.45, 7) is 0. The van der Waals surface area contributed by atoms with Crippen LogP contribution in [0.2, 0.25) is 5.02 Å². The molecule has 1 aromatic rings. The van der Waals surface area contributed by atoms with Gasteiger partial charge in [-0.15, -0.1) is 0 Å². The van der Waals surface area contributed by atoms with Crippen molar-refractivity contribution in [2.24, 2.45) is 0 Å². The number of carbonyl (C=O) groups is 1. The number of aliphatic carboxylic acids is 1. The Morgan fingerprint density at radius 1 is 1.47 bits per heavy atom. The predicted molar refractivity (Wildman–Crippen MR) is 79.3 cm³/mol. The molecule has 2 nitrogen and oxygen atoms in total. The summed E-state index contributed by atoms with van der Waals surface area (Å²) in [4.78, 5) is 11.0. The van der Waals surface area contributed by atoms with Crippen LogP contribution in [-0.4, -0.2) is 22.6 Å². The average molecular weight is 297 g/mol. The van der Waals surface area contributed by atoms with Crippen molar-refractivity contribution in [3.05, 3.63) is 34.3 Å². The van der Waals surface area contributed by atoms with Crippen molar-refractivity contribution < 1.29 is 9.90 Å². The van der Waals surface area contributed by atoms with Crippen LogP contribution in [0.1, 0.15) is 42.7 Å². The molecule has 0 aromatic heterocycles. The fourth-order valence-electron chi connectivity index (χ4n) is 2.98. The van der Waals surface area contributed by atoms with Gasteiger partial charge < -0.3 is 5.11 Å². The van der Waals surface area contributed by atoms with Gasteiger partial charge >= 0.3 is 5.97 Å². The number of hydrogen-bond acceptors (Lipinski definition) is 2. The van der Waals surface area contributed by atoms with Gasteiger partial charge in [0.1, 0.15) is 0 Å². The van der Waals surface area contributed by atoms with Crippen LogP contribution in [0, 0.1) is 0 Å². The van der Waals surface area contributed by atoms with Crippen molar-refractivity contribution in [1.29, 1.82) is 0 Å². The second-order valence-electron chi connectivity index (χ2n) is 5.65. The zero-order valence-electron chi connectivity index (χ0n) is 10.7. The molecule has 1 heterocycles. The lowest BCUT2D eigenvalue weighted by molar-refractivity contribution is -0.137. The van der Waals surface area contributed by atoms with E-state index < -0.39 is 5.97 Å². The summed E-state index contributed by atoms with van der Waals surface area (Å²) in [5, 5.41) is 9.83. The van der Waals surface area contributed by atoms with Gasteiger partial charge in [-0.05, 0) is 48.1 Å². The maximum atomic E-state index is 11.0. The van der Waals surface area contributed by atoms with E-state index in [4.69, 9.17) is 16.7 Å². The highest BCUT2D eigenvalue weighted by Gasteiger charge is 2.46. The number of hydrogen-bond donors (Lipinski definition) is 1. The van der Waals surface area contributed by atoms with Gasteiger partial charge in [-0.25, -0.2) is 0 Å². The van der Waals surface area contributed by atoms with E-state index in [1.807, 2.05) is 17.8 Å². The van der Waals surface area contributed by atoms with Gasteiger partial charge in [0.05, 0.1) is 6.42 Å². The fourth-order valence-corrected chi connectivity index (χ4v) is 4.56. The molecule has 0 amide bonds. The second kappa shape index (κ2) is 5.02. The van der Waals surface area contributed by atoms with Crippen LogP contribution in [-0.2, 0) is 10.2 Å². The van der Waals surface area contributed by atoms with E-state index in [9.17, 15) is 4.79 Å². The van der Waals surface area contributed by atoms with E-state index in [2.05, 4.69) is 12.1 Å². The molecule has 0 spiro atoms. The minimum atomic E-state index is -0.718. The smallest absolute Gasteiger partial charge is 0.304 e. The largest absolute Gasteiger partial charge is 0.481 e. The summed E-state index contributed by atoms with van der Waals surface area (Å²) in [6.07, 6.45) is 3.36. The van der Waals surface area contributed by atoms with E-state index in [1.165, 1.54) is 17.7 Å². The summed E-state index contributed by atoms with van der Waals surface area (Å²) < 4.78 is 0. The first kappa shape index (κ1) is 13.3. The Hall–Kier alpha value is -0.670. The lowest BCUT2D eigenvalue weighted by Gasteiger charge is -2.17. The third-order valence-corrected chi connectivity index (χ3v) is 5.82. The zero-order chi connectivity index (χ0) is 13.5. The van der Waals surface area contributed by atoms with Crippen LogP contribution >= 0.6 is 23.4 Å². The Balaban J connectivity index is 1.85. The molecular weight excluding hydrogens is 280 g/mol. The van der Waals surface area contributed by atoms with Gasteiger partial charge in [-0.1, -0.05) is 23.7 Å². The van der Waals surface area contributed by atoms with Crippen LogP contribution in [0.5, 0.6) is 0 Å². The first-order chi connectivity index (χ1) is 9.11. The highest BCUT2D eigenvalue weighted by Crippen LogP contribution is 2.52. The summed E-state index contributed by atoms with van der Waals surface area (Å²) in [6, 6.07) is 6.23. The van der Waals surface area contributed by atoms with Crippen LogP contribution < -0.4 is 0 Å². The minimum absolute atomic E-state index is 0.140. The molecule has 1 aliphatic heterocycles. The van der Waals surface area contributed by atoms with E-state index in [0.717, 1.165) is 29.2 Å². The van der Waals surface area contributed by atoms with Crippen molar-refractivity contribution in [3.8, 4) is 0 Å². The van der Waals surface area contributed by atoms with Crippen molar-refractivity contribution in [3.63, 3.8) is 0 Å². The molecule has 1 unspecified atom stereocenters. The third kappa shape index (κ3) is 2.63. The van der Waals surface area contributed by atoms with E-state index >= 15 is 0 Å². The zero-order valence-corrected chi connectivity index (χ0v) is 12.3. The van der Waals surface area contributed by atoms with Crippen molar-refractivity contribution in [1.82, 2.24) is 0 Å².